The van der Waals surface area contributed by atoms with E-state index in [0.29, 0.717) is 57.2 Å². The normalized spacial score (nSPS) is 13.8. The van der Waals surface area contributed by atoms with Gasteiger partial charge in [0.25, 0.3) is 0 Å². The van der Waals surface area contributed by atoms with E-state index in [1.807, 2.05) is 6.07 Å². The molecule has 1 fully saturated rings. The van der Waals surface area contributed by atoms with Gasteiger partial charge in [-0.1, -0.05) is 35.5 Å². The van der Waals surface area contributed by atoms with Gasteiger partial charge in [0.2, 0.25) is 5.91 Å². The minimum atomic E-state index is -0.481. The Bertz CT molecular complexity index is 1670. The van der Waals surface area contributed by atoms with Crippen molar-refractivity contribution in [3.63, 3.8) is 0 Å². The van der Waals surface area contributed by atoms with Gasteiger partial charge in [-0.25, -0.2) is 14.2 Å². The lowest BCUT2D eigenvalue weighted by Crippen LogP contribution is -2.45. The summed E-state index contributed by atoms with van der Waals surface area (Å²) in [5, 5.41) is 15.8. The van der Waals surface area contributed by atoms with Gasteiger partial charge in [0.1, 0.15) is 16.7 Å². The lowest BCUT2D eigenvalue weighted by atomic mass is 10.1. The van der Waals surface area contributed by atoms with Crippen LogP contribution in [0.4, 0.5) is 21.6 Å². The molecule has 1 aliphatic rings. The van der Waals surface area contributed by atoms with Crippen LogP contribution in [0.1, 0.15) is 22.3 Å². The van der Waals surface area contributed by atoms with Crippen LogP contribution in [0.5, 0.6) is 0 Å². The van der Waals surface area contributed by atoms with E-state index in [0.717, 1.165) is 31.7 Å². The first kappa shape index (κ1) is 32.3. The van der Waals surface area contributed by atoms with E-state index in [1.165, 1.54) is 37.1 Å². The van der Waals surface area contributed by atoms with Gasteiger partial charge in [0, 0.05) is 73.4 Å². The topological polar surface area (TPSA) is 113 Å². The lowest BCUT2D eigenvalue weighted by Gasteiger charge is -2.32. The summed E-state index contributed by atoms with van der Waals surface area (Å²) in [6.07, 6.45) is 1.96. The zero-order valence-corrected chi connectivity index (χ0v) is 26.5. The van der Waals surface area contributed by atoms with Gasteiger partial charge in [-0.15, -0.1) is 10.2 Å². The van der Waals surface area contributed by atoms with Crippen molar-refractivity contribution >= 4 is 52.4 Å². The second-order valence-corrected chi connectivity index (χ2v) is 12.0. The minimum absolute atomic E-state index is 0.117. The van der Waals surface area contributed by atoms with Crippen LogP contribution in [0, 0.1) is 5.82 Å². The Morgan fingerprint density at radius 3 is 2.67 bits per heavy atom. The Kier molecular flexibility index (Phi) is 11.0. The molecule has 1 saturated heterocycles. The molecule has 2 N–H and O–H groups in total. The number of likely N-dealkylation sites (N-methyl/N-ethyl adjacent to an activating group) is 1. The van der Waals surface area contributed by atoms with E-state index < -0.39 is 11.8 Å². The Hall–Kier alpha value is -4.10. The Morgan fingerprint density at radius 2 is 1.87 bits per heavy atom. The molecule has 0 radical (unpaired) electrons. The number of piperazine rings is 1. The molecule has 13 heteroatoms. The minimum Gasteiger partial charge on any atom is -0.465 e. The van der Waals surface area contributed by atoms with Crippen molar-refractivity contribution in [1.29, 1.82) is 0 Å². The summed E-state index contributed by atoms with van der Waals surface area (Å²) in [7, 11) is 3.44. The zero-order valence-electron chi connectivity index (χ0n) is 24.9. The van der Waals surface area contributed by atoms with E-state index in [2.05, 4.69) is 42.7 Å². The van der Waals surface area contributed by atoms with Crippen molar-refractivity contribution in [1.82, 2.24) is 25.0 Å². The molecule has 1 aliphatic heterocycles. The number of carbonyl (C=O) groups excluding carboxylic acids is 2. The molecule has 234 valence electrons. The summed E-state index contributed by atoms with van der Waals surface area (Å²) in [6.45, 7) is 4.56. The average Bonchev–Trinajstić information content (AvgIpc) is 3.05. The van der Waals surface area contributed by atoms with Crippen molar-refractivity contribution in [2.75, 3.05) is 57.5 Å². The number of hydrogen-bond donors (Lipinski definition) is 2. The van der Waals surface area contributed by atoms with Crippen molar-refractivity contribution in [2.45, 2.75) is 17.2 Å². The first-order valence-corrected chi connectivity index (χ1v) is 15.7. The van der Waals surface area contributed by atoms with E-state index in [1.54, 1.807) is 42.6 Å². The summed E-state index contributed by atoms with van der Waals surface area (Å²) in [5.74, 6) is -0.139. The van der Waals surface area contributed by atoms with Crippen LogP contribution >= 0.6 is 23.4 Å². The maximum atomic E-state index is 14.7. The number of carbonyl (C=O) groups is 2. The smallest absolute Gasteiger partial charge is 0.337 e. The number of anilines is 3. The number of rotatable bonds is 11. The van der Waals surface area contributed by atoms with Crippen LogP contribution in [0.25, 0.3) is 11.3 Å². The number of methoxy groups -OCH3 is 1. The third kappa shape index (κ3) is 8.98. The number of esters is 1. The third-order valence-corrected chi connectivity index (χ3v) is 8.53. The molecule has 45 heavy (non-hydrogen) atoms. The van der Waals surface area contributed by atoms with Crippen LogP contribution < -0.4 is 10.6 Å². The van der Waals surface area contributed by atoms with Crippen LogP contribution in [-0.2, 0) is 15.3 Å². The largest absolute Gasteiger partial charge is 0.465 e. The van der Waals surface area contributed by atoms with Crippen LogP contribution in [0.3, 0.4) is 0 Å². The predicted octanol–water partition coefficient (Wildman–Crippen LogP) is 5.73. The van der Waals surface area contributed by atoms with Crippen molar-refractivity contribution in [2.24, 2.45) is 0 Å². The fraction of sp³-hybridized carbons (Fsp3) is 0.281. The van der Waals surface area contributed by atoms with Gasteiger partial charge in [-0.2, -0.15) is 0 Å². The highest BCUT2D eigenvalue weighted by molar-refractivity contribution is 7.98. The molecule has 3 heterocycles. The fourth-order valence-corrected chi connectivity index (χ4v) is 5.75. The van der Waals surface area contributed by atoms with Crippen molar-refractivity contribution in [3.8, 4) is 11.3 Å². The highest BCUT2D eigenvalue weighted by atomic mass is 35.5. The summed E-state index contributed by atoms with van der Waals surface area (Å²) < 4.78 is 19.6. The number of aromatic nitrogens is 3. The van der Waals surface area contributed by atoms with Crippen LogP contribution in [0.2, 0.25) is 5.02 Å². The zero-order chi connectivity index (χ0) is 31.8. The number of ether oxygens (including phenoxy) is 1. The van der Waals surface area contributed by atoms with Gasteiger partial charge < -0.3 is 25.2 Å². The highest BCUT2D eigenvalue weighted by Gasteiger charge is 2.17. The molecule has 0 bridgehead atoms. The molecular weight excluding hydrogens is 617 g/mol. The van der Waals surface area contributed by atoms with E-state index in [-0.39, 0.29) is 11.5 Å². The molecule has 2 aromatic carbocycles. The van der Waals surface area contributed by atoms with Crippen LogP contribution in [-0.4, -0.2) is 83.7 Å². The Morgan fingerprint density at radius 1 is 1.04 bits per heavy atom. The Balaban J connectivity index is 1.34. The number of hydrogen-bond acceptors (Lipinski definition) is 10. The van der Waals surface area contributed by atoms with Gasteiger partial charge in [0.05, 0.1) is 24.1 Å². The van der Waals surface area contributed by atoms with E-state index in [9.17, 15) is 14.0 Å². The van der Waals surface area contributed by atoms with Crippen molar-refractivity contribution in [3.05, 3.63) is 88.8 Å². The molecule has 0 atom stereocenters. The number of amides is 1. The predicted molar refractivity (Wildman–Crippen MR) is 174 cm³/mol. The number of nitrogens with zero attached hydrogens (tertiary/aromatic N) is 5. The number of halogens is 2. The maximum Gasteiger partial charge on any atom is 0.337 e. The molecule has 5 rings (SSSR count). The summed E-state index contributed by atoms with van der Waals surface area (Å²) in [4.78, 5) is 33.6. The summed E-state index contributed by atoms with van der Waals surface area (Å²) in [6, 6.07) is 16.6. The second kappa shape index (κ2) is 15.3. The highest BCUT2D eigenvalue weighted by Crippen LogP contribution is 2.34. The van der Waals surface area contributed by atoms with Gasteiger partial charge in [0.15, 0.2) is 0 Å². The molecule has 1 amide bonds. The van der Waals surface area contributed by atoms with Crippen molar-refractivity contribution < 1.29 is 18.7 Å². The number of nitrogens with one attached hydrogen (secondary N) is 2. The number of pyridine rings is 1. The first-order chi connectivity index (χ1) is 21.8. The summed E-state index contributed by atoms with van der Waals surface area (Å²) >= 11 is 7.54. The van der Waals surface area contributed by atoms with E-state index >= 15 is 0 Å². The van der Waals surface area contributed by atoms with Gasteiger partial charge >= 0.3 is 5.97 Å². The average molecular weight is 650 g/mol. The van der Waals surface area contributed by atoms with Gasteiger partial charge in [-0.05, 0) is 55.1 Å². The molecule has 0 aliphatic carbocycles. The monoisotopic (exact) mass is 649 g/mol. The standard InChI is InChI=1S/C32H33ClFN7O3S/c1-40-12-14-41(15-13-40)11-9-30(42)37-29-18-24(8-10-35-29)36-28-19-27(25-17-23(33)6-7-26(25)34)38-39-31(28)45-20-21-4-3-5-22(16-21)32(43)44-2/h3-8,10,16-19H,9,11-15,20H2,1-2H3,(H2,35,36,37,38,42). The quantitative estimate of drug-likeness (QED) is 0.154. The van der Waals surface area contributed by atoms with Gasteiger partial charge in [-0.3, -0.25) is 4.79 Å². The molecule has 4 aromatic rings. The SMILES string of the molecule is COC(=O)c1cccc(CSc2nnc(-c3cc(Cl)ccc3F)cc2Nc2ccnc(NC(=O)CCN3CCN(C)CC3)c2)c1. The molecule has 10 nitrogen and oxygen atoms in total. The number of thioether (sulfide) groups is 1. The van der Waals surface area contributed by atoms with Crippen LogP contribution in [0.15, 0.2) is 71.9 Å². The Labute approximate surface area is 270 Å². The summed E-state index contributed by atoms with van der Waals surface area (Å²) in [5.41, 5.74) is 3.03. The first-order valence-electron chi connectivity index (χ1n) is 14.3. The van der Waals surface area contributed by atoms with E-state index in [4.69, 9.17) is 16.3 Å². The number of benzene rings is 2. The third-order valence-electron chi connectivity index (χ3n) is 7.25. The fourth-order valence-electron chi connectivity index (χ4n) is 4.73. The molecule has 0 saturated carbocycles. The molecule has 0 spiro atoms. The molecule has 0 unspecified atom stereocenters. The lowest BCUT2D eigenvalue weighted by molar-refractivity contribution is -0.116. The maximum absolute atomic E-state index is 14.7. The molecule has 2 aromatic heterocycles. The molecular formula is C32H33ClFN7O3S. The second-order valence-electron chi connectivity index (χ2n) is 10.6.